The fraction of sp³-hybridized carbons (Fsp3) is 0.875. The Balaban J connectivity index is 2.40. The summed E-state index contributed by atoms with van der Waals surface area (Å²) in [6.45, 7) is 1.51. The van der Waals surface area contributed by atoms with Crippen molar-refractivity contribution >= 4 is 6.09 Å². The summed E-state index contributed by atoms with van der Waals surface area (Å²) in [5.74, 6) is 0. The van der Waals surface area contributed by atoms with Crippen LogP contribution in [-0.4, -0.2) is 37.2 Å². The maximum absolute atomic E-state index is 11.1. The third-order valence-electron chi connectivity index (χ3n) is 2.21. The average Bonchev–Trinajstić information content (AvgIpc) is 2.29. The van der Waals surface area contributed by atoms with Crippen molar-refractivity contribution in [2.24, 2.45) is 5.73 Å². The van der Waals surface area contributed by atoms with Gasteiger partial charge in [-0.1, -0.05) is 0 Å². The molecule has 0 radical (unpaired) electrons. The van der Waals surface area contributed by atoms with Crippen LogP contribution in [0.15, 0.2) is 0 Å². The topological polar surface area (TPSA) is 55.6 Å². The standard InChI is InChI=1S/C8H16N2O2/c1-12-8(11)10-5-2-3-7(9)4-6-10/h7H,2-6,9H2,1H3/t7-/m0/s1. The molecule has 4 heteroatoms. The Morgan fingerprint density at radius 2 is 2.25 bits per heavy atom. The van der Waals surface area contributed by atoms with Gasteiger partial charge in [0.15, 0.2) is 0 Å². The molecular weight excluding hydrogens is 156 g/mol. The van der Waals surface area contributed by atoms with Gasteiger partial charge in [0.25, 0.3) is 0 Å². The highest BCUT2D eigenvalue weighted by Gasteiger charge is 2.18. The number of nitrogens with zero attached hydrogens (tertiary/aromatic N) is 1. The fourth-order valence-corrected chi connectivity index (χ4v) is 1.43. The number of rotatable bonds is 0. The minimum Gasteiger partial charge on any atom is -0.453 e. The first kappa shape index (κ1) is 9.32. The van der Waals surface area contributed by atoms with Gasteiger partial charge in [0, 0.05) is 19.1 Å². The highest BCUT2D eigenvalue weighted by molar-refractivity contribution is 5.67. The lowest BCUT2D eigenvalue weighted by Gasteiger charge is -2.17. The van der Waals surface area contributed by atoms with Crippen molar-refractivity contribution in [1.29, 1.82) is 0 Å². The number of carbonyl (C=O) groups is 1. The van der Waals surface area contributed by atoms with Crippen LogP contribution in [0.5, 0.6) is 0 Å². The van der Waals surface area contributed by atoms with Crippen molar-refractivity contribution < 1.29 is 9.53 Å². The summed E-state index contributed by atoms with van der Waals surface area (Å²) in [5, 5.41) is 0. The zero-order valence-corrected chi connectivity index (χ0v) is 7.45. The Morgan fingerprint density at radius 1 is 1.50 bits per heavy atom. The molecule has 4 nitrogen and oxygen atoms in total. The number of amides is 1. The Labute approximate surface area is 72.7 Å². The first-order valence-electron chi connectivity index (χ1n) is 4.32. The molecule has 0 aliphatic carbocycles. The molecule has 1 fully saturated rings. The van der Waals surface area contributed by atoms with E-state index < -0.39 is 0 Å². The smallest absolute Gasteiger partial charge is 0.409 e. The molecule has 1 saturated heterocycles. The van der Waals surface area contributed by atoms with E-state index in [-0.39, 0.29) is 12.1 Å². The number of methoxy groups -OCH3 is 1. The minimum absolute atomic E-state index is 0.232. The molecule has 0 saturated carbocycles. The van der Waals surface area contributed by atoms with E-state index in [0.717, 1.165) is 32.4 Å². The monoisotopic (exact) mass is 172 g/mol. The van der Waals surface area contributed by atoms with Crippen LogP contribution in [0.25, 0.3) is 0 Å². The molecule has 1 amide bonds. The van der Waals surface area contributed by atoms with Crippen molar-refractivity contribution in [3.8, 4) is 0 Å². The van der Waals surface area contributed by atoms with Crippen LogP contribution in [0.1, 0.15) is 19.3 Å². The molecule has 0 spiro atoms. The molecule has 0 aromatic heterocycles. The summed E-state index contributed by atoms with van der Waals surface area (Å²) in [4.78, 5) is 12.8. The second-order valence-corrected chi connectivity index (χ2v) is 3.15. The largest absolute Gasteiger partial charge is 0.453 e. The second-order valence-electron chi connectivity index (χ2n) is 3.15. The van der Waals surface area contributed by atoms with Crippen molar-refractivity contribution in [3.05, 3.63) is 0 Å². The van der Waals surface area contributed by atoms with E-state index in [4.69, 9.17) is 5.73 Å². The molecule has 0 bridgehead atoms. The van der Waals surface area contributed by atoms with Gasteiger partial charge in [0.1, 0.15) is 0 Å². The van der Waals surface area contributed by atoms with E-state index in [0.29, 0.717) is 0 Å². The maximum Gasteiger partial charge on any atom is 0.409 e. The van der Waals surface area contributed by atoms with Gasteiger partial charge in [-0.05, 0) is 19.3 Å². The lowest BCUT2D eigenvalue weighted by atomic mass is 10.1. The summed E-state index contributed by atoms with van der Waals surface area (Å²) in [7, 11) is 1.41. The molecule has 1 aliphatic heterocycles. The number of hydrogen-bond donors (Lipinski definition) is 1. The summed E-state index contributed by atoms with van der Waals surface area (Å²) in [6.07, 6.45) is 2.64. The summed E-state index contributed by atoms with van der Waals surface area (Å²) >= 11 is 0. The average molecular weight is 172 g/mol. The molecule has 12 heavy (non-hydrogen) atoms. The number of nitrogens with two attached hydrogens (primary N) is 1. The second kappa shape index (κ2) is 4.30. The van der Waals surface area contributed by atoms with Gasteiger partial charge in [-0.2, -0.15) is 0 Å². The lowest BCUT2D eigenvalue weighted by Crippen LogP contribution is -2.32. The van der Waals surface area contributed by atoms with Crippen LogP contribution >= 0.6 is 0 Å². The summed E-state index contributed by atoms with van der Waals surface area (Å²) in [5.41, 5.74) is 5.76. The van der Waals surface area contributed by atoms with E-state index in [9.17, 15) is 4.79 Å². The van der Waals surface area contributed by atoms with E-state index in [1.54, 1.807) is 4.90 Å². The molecular formula is C8H16N2O2. The number of carbonyl (C=O) groups excluding carboxylic acids is 1. The van der Waals surface area contributed by atoms with E-state index >= 15 is 0 Å². The van der Waals surface area contributed by atoms with Gasteiger partial charge < -0.3 is 15.4 Å². The van der Waals surface area contributed by atoms with Crippen molar-refractivity contribution in [1.82, 2.24) is 4.90 Å². The molecule has 2 N–H and O–H groups in total. The summed E-state index contributed by atoms with van der Waals surface area (Å²) < 4.78 is 4.63. The SMILES string of the molecule is COC(=O)N1CCC[C@H](N)CC1. The van der Waals surface area contributed by atoms with E-state index in [2.05, 4.69) is 4.74 Å². The molecule has 70 valence electrons. The normalized spacial score (nSPS) is 24.8. The minimum atomic E-state index is -0.232. The number of hydrogen-bond acceptors (Lipinski definition) is 3. The van der Waals surface area contributed by atoms with Crippen LogP contribution < -0.4 is 5.73 Å². The molecule has 1 atom stereocenters. The quantitative estimate of drug-likeness (QED) is 0.581. The predicted molar refractivity (Wildman–Crippen MR) is 45.8 cm³/mol. The van der Waals surface area contributed by atoms with Crippen LogP contribution in [0.4, 0.5) is 4.79 Å². The molecule has 1 heterocycles. The third-order valence-corrected chi connectivity index (χ3v) is 2.21. The van der Waals surface area contributed by atoms with Crippen molar-refractivity contribution in [2.75, 3.05) is 20.2 Å². The maximum atomic E-state index is 11.1. The van der Waals surface area contributed by atoms with Crippen LogP contribution in [0.3, 0.4) is 0 Å². The van der Waals surface area contributed by atoms with E-state index in [1.807, 2.05) is 0 Å². The van der Waals surface area contributed by atoms with Crippen LogP contribution in [-0.2, 0) is 4.74 Å². The van der Waals surface area contributed by atoms with Gasteiger partial charge in [-0.3, -0.25) is 0 Å². The van der Waals surface area contributed by atoms with Crippen LogP contribution in [0, 0.1) is 0 Å². The predicted octanol–water partition coefficient (Wildman–Crippen LogP) is 0.566. The first-order valence-corrected chi connectivity index (χ1v) is 4.32. The van der Waals surface area contributed by atoms with Crippen molar-refractivity contribution in [2.45, 2.75) is 25.3 Å². The van der Waals surface area contributed by atoms with E-state index in [1.165, 1.54) is 7.11 Å². The van der Waals surface area contributed by atoms with Gasteiger partial charge >= 0.3 is 6.09 Å². The highest BCUT2D eigenvalue weighted by Crippen LogP contribution is 2.09. The molecule has 1 aliphatic rings. The highest BCUT2D eigenvalue weighted by atomic mass is 16.5. The number of likely N-dealkylation sites (tertiary alicyclic amines) is 1. The van der Waals surface area contributed by atoms with Crippen LogP contribution in [0.2, 0.25) is 0 Å². The molecule has 0 aromatic rings. The Hall–Kier alpha value is -0.770. The lowest BCUT2D eigenvalue weighted by molar-refractivity contribution is 0.125. The Kier molecular flexibility index (Phi) is 3.34. The summed E-state index contributed by atoms with van der Waals surface area (Å²) in [6, 6.07) is 0.250. The van der Waals surface area contributed by atoms with Gasteiger partial charge in [0.05, 0.1) is 7.11 Å². The van der Waals surface area contributed by atoms with Gasteiger partial charge in [-0.15, -0.1) is 0 Å². The van der Waals surface area contributed by atoms with Gasteiger partial charge in [-0.25, -0.2) is 4.79 Å². The Morgan fingerprint density at radius 3 is 2.92 bits per heavy atom. The molecule has 0 aromatic carbocycles. The number of ether oxygens (including phenoxy) is 1. The first-order chi connectivity index (χ1) is 5.74. The zero-order chi connectivity index (χ0) is 8.97. The third kappa shape index (κ3) is 2.37. The van der Waals surface area contributed by atoms with Gasteiger partial charge in [0.2, 0.25) is 0 Å². The molecule has 1 rings (SSSR count). The van der Waals surface area contributed by atoms with Crippen molar-refractivity contribution in [3.63, 3.8) is 0 Å². The zero-order valence-electron chi connectivity index (χ0n) is 7.45. The fourth-order valence-electron chi connectivity index (χ4n) is 1.43. The Bertz CT molecular complexity index is 161. The molecule has 0 unspecified atom stereocenters.